The lowest BCUT2D eigenvalue weighted by Gasteiger charge is -2.01. The van der Waals surface area contributed by atoms with Crippen LogP contribution in [-0.4, -0.2) is 20.6 Å². The SMILES string of the molecule is O=C(O)c1ccc(=O)n(-c2ncc(Cl)s2)c1. The van der Waals surface area contributed by atoms with E-state index in [2.05, 4.69) is 4.98 Å². The van der Waals surface area contributed by atoms with E-state index in [1.54, 1.807) is 0 Å². The highest BCUT2D eigenvalue weighted by molar-refractivity contribution is 7.18. The van der Waals surface area contributed by atoms with Crippen LogP contribution in [0, 0.1) is 0 Å². The first-order valence-electron chi connectivity index (χ1n) is 4.15. The Labute approximate surface area is 98.6 Å². The molecular weight excluding hydrogens is 252 g/mol. The molecule has 0 aliphatic heterocycles. The van der Waals surface area contributed by atoms with E-state index in [9.17, 15) is 9.59 Å². The Kier molecular flexibility index (Phi) is 2.76. The minimum absolute atomic E-state index is 0.0194. The first-order valence-corrected chi connectivity index (χ1v) is 5.35. The normalized spacial score (nSPS) is 10.3. The van der Waals surface area contributed by atoms with Crippen molar-refractivity contribution in [1.29, 1.82) is 0 Å². The van der Waals surface area contributed by atoms with Crippen LogP contribution >= 0.6 is 22.9 Å². The maximum Gasteiger partial charge on any atom is 0.337 e. The summed E-state index contributed by atoms with van der Waals surface area (Å²) in [7, 11) is 0. The molecule has 0 spiro atoms. The quantitative estimate of drug-likeness (QED) is 0.887. The number of carbonyl (C=O) groups is 1. The second kappa shape index (κ2) is 4.07. The van der Waals surface area contributed by atoms with Crippen LogP contribution in [0.4, 0.5) is 0 Å². The standard InChI is InChI=1S/C9H5ClN2O3S/c10-6-3-11-9(16-6)12-4-5(8(14)15)1-2-7(12)13/h1-4H,(H,14,15). The van der Waals surface area contributed by atoms with E-state index in [1.807, 2.05) is 0 Å². The minimum Gasteiger partial charge on any atom is -0.478 e. The summed E-state index contributed by atoms with van der Waals surface area (Å²) in [6, 6.07) is 2.43. The number of pyridine rings is 1. The van der Waals surface area contributed by atoms with Crippen molar-refractivity contribution in [3.05, 3.63) is 44.8 Å². The van der Waals surface area contributed by atoms with Gasteiger partial charge in [-0.1, -0.05) is 22.9 Å². The fraction of sp³-hybridized carbons (Fsp3) is 0. The van der Waals surface area contributed by atoms with E-state index in [-0.39, 0.29) is 11.1 Å². The number of carboxylic acid groups (broad SMARTS) is 1. The van der Waals surface area contributed by atoms with Crippen molar-refractivity contribution in [2.45, 2.75) is 0 Å². The molecule has 0 unspecified atom stereocenters. The Hall–Kier alpha value is -1.66. The van der Waals surface area contributed by atoms with E-state index in [0.29, 0.717) is 9.47 Å². The van der Waals surface area contributed by atoms with Gasteiger partial charge in [-0.15, -0.1) is 0 Å². The molecule has 2 aromatic heterocycles. The summed E-state index contributed by atoms with van der Waals surface area (Å²) < 4.78 is 1.59. The second-order valence-corrected chi connectivity index (χ2v) is 4.52. The minimum atomic E-state index is -1.10. The Morgan fingerprint density at radius 2 is 2.25 bits per heavy atom. The van der Waals surface area contributed by atoms with Crippen molar-refractivity contribution < 1.29 is 9.90 Å². The van der Waals surface area contributed by atoms with Crippen LogP contribution in [-0.2, 0) is 0 Å². The molecule has 7 heteroatoms. The number of aromatic nitrogens is 2. The smallest absolute Gasteiger partial charge is 0.337 e. The van der Waals surface area contributed by atoms with E-state index in [4.69, 9.17) is 16.7 Å². The third-order valence-electron chi connectivity index (χ3n) is 1.83. The van der Waals surface area contributed by atoms with Crippen molar-refractivity contribution in [2.24, 2.45) is 0 Å². The van der Waals surface area contributed by atoms with Gasteiger partial charge in [0, 0.05) is 12.3 Å². The first kappa shape index (κ1) is 10.8. The molecule has 0 radical (unpaired) electrons. The van der Waals surface area contributed by atoms with Crippen LogP contribution in [0.2, 0.25) is 4.34 Å². The van der Waals surface area contributed by atoms with Gasteiger partial charge >= 0.3 is 5.97 Å². The highest BCUT2D eigenvalue weighted by Crippen LogP contribution is 2.20. The Bertz CT molecular complexity index is 605. The maximum absolute atomic E-state index is 11.5. The molecule has 0 aliphatic rings. The summed E-state index contributed by atoms with van der Waals surface area (Å²) in [6.45, 7) is 0. The molecule has 2 rings (SSSR count). The average molecular weight is 257 g/mol. The van der Waals surface area contributed by atoms with E-state index < -0.39 is 5.97 Å². The lowest BCUT2D eigenvalue weighted by Crippen LogP contribution is -2.18. The predicted octanol–water partition coefficient (Wildman–Crippen LogP) is 1.65. The zero-order valence-corrected chi connectivity index (χ0v) is 9.33. The van der Waals surface area contributed by atoms with Gasteiger partial charge in [0.2, 0.25) is 0 Å². The van der Waals surface area contributed by atoms with Crippen LogP contribution in [0.3, 0.4) is 0 Å². The number of hydrogen-bond acceptors (Lipinski definition) is 4. The summed E-state index contributed by atoms with van der Waals surface area (Å²) in [5, 5.41) is 9.14. The largest absolute Gasteiger partial charge is 0.478 e. The molecule has 0 aliphatic carbocycles. The van der Waals surface area contributed by atoms with Crippen molar-refractivity contribution in [1.82, 2.24) is 9.55 Å². The van der Waals surface area contributed by atoms with Gasteiger partial charge < -0.3 is 5.11 Å². The molecule has 0 bridgehead atoms. The van der Waals surface area contributed by atoms with E-state index in [1.165, 1.54) is 24.5 Å². The Morgan fingerprint density at radius 1 is 1.50 bits per heavy atom. The molecule has 16 heavy (non-hydrogen) atoms. The molecule has 0 saturated carbocycles. The van der Waals surface area contributed by atoms with Crippen LogP contribution in [0.5, 0.6) is 0 Å². The summed E-state index contributed by atoms with van der Waals surface area (Å²) in [6.07, 6.45) is 2.63. The van der Waals surface area contributed by atoms with Crippen LogP contribution in [0.1, 0.15) is 10.4 Å². The zero-order valence-electron chi connectivity index (χ0n) is 7.75. The lowest BCUT2D eigenvalue weighted by atomic mass is 10.3. The highest BCUT2D eigenvalue weighted by Gasteiger charge is 2.09. The predicted molar refractivity (Wildman–Crippen MR) is 59.7 cm³/mol. The van der Waals surface area contributed by atoms with Gasteiger partial charge in [0.25, 0.3) is 5.56 Å². The fourth-order valence-corrected chi connectivity index (χ4v) is 2.00. The van der Waals surface area contributed by atoms with Crippen molar-refractivity contribution >= 4 is 28.9 Å². The van der Waals surface area contributed by atoms with Gasteiger partial charge in [-0.2, -0.15) is 0 Å². The number of aromatic carboxylic acids is 1. The number of hydrogen-bond donors (Lipinski definition) is 1. The molecule has 0 atom stereocenters. The van der Waals surface area contributed by atoms with Crippen molar-refractivity contribution in [2.75, 3.05) is 0 Å². The summed E-state index contributed by atoms with van der Waals surface area (Å²) in [5.74, 6) is -1.10. The van der Waals surface area contributed by atoms with Crippen LogP contribution < -0.4 is 5.56 Å². The lowest BCUT2D eigenvalue weighted by molar-refractivity contribution is 0.0696. The number of nitrogens with zero attached hydrogens (tertiary/aromatic N) is 2. The van der Waals surface area contributed by atoms with Gasteiger partial charge in [-0.3, -0.25) is 9.36 Å². The number of thiazole rings is 1. The average Bonchev–Trinajstić information content (AvgIpc) is 2.65. The van der Waals surface area contributed by atoms with Gasteiger partial charge in [0.05, 0.1) is 11.8 Å². The highest BCUT2D eigenvalue weighted by atomic mass is 35.5. The van der Waals surface area contributed by atoms with Gasteiger partial charge in [0.15, 0.2) is 5.13 Å². The summed E-state index contributed by atoms with van der Waals surface area (Å²) in [4.78, 5) is 26.1. The third kappa shape index (κ3) is 1.98. The van der Waals surface area contributed by atoms with Crippen molar-refractivity contribution in [3.63, 3.8) is 0 Å². The second-order valence-electron chi connectivity index (χ2n) is 2.88. The molecule has 82 valence electrons. The fourth-order valence-electron chi connectivity index (χ4n) is 1.12. The molecule has 1 N–H and O–H groups in total. The summed E-state index contributed by atoms with van der Waals surface area (Å²) >= 11 is 6.79. The molecule has 0 aromatic carbocycles. The molecule has 0 fully saturated rings. The molecule has 2 heterocycles. The van der Waals surface area contributed by atoms with Gasteiger partial charge in [-0.05, 0) is 6.07 Å². The molecule has 5 nitrogen and oxygen atoms in total. The van der Waals surface area contributed by atoms with Crippen molar-refractivity contribution in [3.8, 4) is 5.13 Å². The molecule has 0 amide bonds. The number of carboxylic acids is 1. The van der Waals surface area contributed by atoms with Gasteiger partial charge in [-0.25, -0.2) is 9.78 Å². The number of halogens is 1. The maximum atomic E-state index is 11.5. The zero-order chi connectivity index (χ0) is 11.7. The Balaban J connectivity index is 2.60. The summed E-state index contributed by atoms with van der Waals surface area (Å²) in [5.41, 5.74) is -0.332. The molecular formula is C9H5ClN2O3S. The Morgan fingerprint density at radius 3 is 2.81 bits per heavy atom. The molecule has 2 aromatic rings. The van der Waals surface area contributed by atoms with Gasteiger partial charge in [0.1, 0.15) is 4.34 Å². The van der Waals surface area contributed by atoms with Crippen LogP contribution in [0.15, 0.2) is 29.3 Å². The third-order valence-corrected chi connectivity index (χ3v) is 2.94. The monoisotopic (exact) mass is 256 g/mol. The van der Waals surface area contributed by atoms with Crippen LogP contribution in [0.25, 0.3) is 5.13 Å². The topological polar surface area (TPSA) is 72.2 Å². The molecule has 0 saturated heterocycles. The van der Waals surface area contributed by atoms with E-state index >= 15 is 0 Å². The van der Waals surface area contributed by atoms with E-state index in [0.717, 1.165) is 15.9 Å². The first-order chi connectivity index (χ1) is 7.58. The number of rotatable bonds is 2.